The van der Waals surface area contributed by atoms with Gasteiger partial charge in [0.1, 0.15) is 5.82 Å². The van der Waals surface area contributed by atoms with Crippen molar-refractivity contribution in [3.63, 3.8) is 0 Å². The molecule has 0 aromatic heterocycles. The molecule has 1 unspecified atom stereocenters. The van der Waals surface area contributed by atoms with E-state index in [2.05, 4.69) is 0 Å². The first-order chi connectivity index (χ1) is 6.40. The van der Waals surface area contributed by atoms with Crippen LogP contribution in [0, 0.1) is 12.7 Å². The van der Waals surface area contributed by atoms with Crippen molar-refractivity contribution in [2.24, 2.45) is 5.73 Å². The molecule has 0 heterocycles. The van der Waals surface area contributed by atoms with Crippen LogP contribution < -0.4 is 5.73 Å². The van der Waals surface area contributed by atoms with Gasteiger partial charge in [-0.2, -0.15) is 0 Å². The molecule has 78 valence electrons. The number of aryl methyl sites for hydroxylation is 1. The van der Waals surface area contributed by atoms with Crippen LogP contribution in [0.2, 0.25) is 5.02 Å². The molecule has 1 aromatic carbocycles. The molecule has 1 rings (SSSR count). The highest BCUT2D eigenvalue weighted by atomic mass is 35.5. The smallest absolute Gasteiger partial charge is 0.132 e. The second-order valence-electron chi connectivity index (χ2n) is 3.82. The third-order valence-electron chi connectivity index (χ3n) is 2.59. The number of hydrogen-bond acceptors (Lipinski definition) is 1. The van der Waals surface area contributed by atoms with Crippen molar-refractivity contribution < 1.29 is 4.39 Å². The fourth-order valence-electron chi connectivity index (χ4n) is 1.36. The first-order valence-corrected chi connectivity index (χ1v) is 5.02. The summed E-state index contributed by atoms with van der Waals surface area (Å²) in [5.41, 5.74) is 6.28. The first kappa shape index (κ1) is 11.5. The third kappa shape index (κ3) is 1.91. The van der Waals surface area contributed by atoms with Gasteiger partial charge in [-0.1, -0.05) is 24.6 Å². The highest BCUT2D eigenvalue weighted by Gasteiger charge is 2.26. The van der Waals surface area contributed by atoms with Gasteiger partial charge in [0.25, 0.3) is 0 Å². The summed E-state index contributed by atoms with van der Waals surface area (Å²) in [5, 5.41) is 0.403. The van der Waals surface area contributed by atoms with Crippen LogP contribution in [0.15, 0.2) is 12.1 Å². The number of benzene rings is 1. The van der Waals surface area contributed by atoms with Gasteiger partial charge in [0.15, 0.2) is 0 Å². The average molecular weight is 216 g/mol. The van der Waals surface area contributed by atoms with Gasteiger partial charge in [-0.15, -0.1) is 0 Å². The van der Waals surface area contributed by atoms with Crippen molar-refractivity contribution in [3.8, 4) is 0 Å². The summed E-state index contributed by atoms with van der Waals surface area (Å²) in [7, 11) is 0. The van der Waals surface area contributed by atoms with Gasteiger partial charge in [0.05, 0.1) is 0 Å². The van der Waals surface area contributed by atoms with Crippen LogP contribution in [-0.2, 0) is 5.54 Å². The van der Waals surface area contributed by atoms with Crippen LogP contribution in [-0.4, -0.2) is 0 Å². The van der Waals surface area contributed by atoms with Crippen LogP contribution in [0.25, 0.3) is 0 Å². The average Bonchev–Trinajstić information content (AvgIpc) is 2.12. The quantitative estimate of drug-likeness (QED) is 0.804. The molecule has 0 bridgehead atoms. The Morgan fingerprint density at radius 2 is 2.07 bits per heavy atom. The molecule has 0 amide bonds. The minimum absolute atomic E-state index is 0.288. The van der Waals surface area contributed by atoms with Gasteiger partial charge in [-0.25, -0.2) is 4.39 Å². The molecule has 0 saturated heterocycles. The Morgan fingerprint density at radius 1 is 1.50 bits per heavy atom. The second kappa shape index (κ2) is 3.87. The Kier molecular flexibility index (Phi) is 3.17. The summed E-state index contributed by atoms with van der Waals surface area (Å²) in [6.45, 7) is 5.41. The topological polar surface area (TPSA) is 26.0 Å². The molecule has 0 saturated carbocycles. The number of nitrogens with two attached hydrogens (primary N) is 1. The molecule has 2 N–H and O–H groups in total. The molecular weight excluding hydrogens is 201 g/mol. The fraction of sp³-hybridized carbons (Fsp3) is 0.455. The molecule has 0 aliphatic carbocycles. The Bertz CT molecular complexity index is 347. The maximum Gasteiger partial charge on any atom is 0.132 e. The van der Waals surface area contributed by atoms with E-state index in [-0.39, 0.29) is 5.82 Å². The molecule has 0 spiro atoms. The second-order valence-corrected chi connectivity index (χ2v) is 4.23. The molecule has 0 aliphatic heterocycles. The van der Waals surface area contributed by atoms with Crippen LogP contribution in [0.4, 0.5) is 4.39 Å². The van der Waals surface area contributed by atoms with Gasteiger partial charge >= 0.3 is 0 Å². The standard InChI is InChI=1S/C11H15ClFN/c1-4-11(3,14)9-8(12)6-5-7(2)10(9)13/h5-6H,4,14H2,1-3H3. The van der Waals surface area contributed by atoms with E-state index in [4.69, 9.17) is 17.3 Å². The van der Waals surface area contributed by atoms with Gasteiger partial charge in [-0.05, 0) is 31.9 Å². The normalized spacial score (nSPS) is 15.3. The number of rotatable bonds is 2. The lowest BCUT2D eigenvalue weighted by atomic mass is 9.89. The molecule has 1 atom stereocenters. The highest BCUT2D eigenvalue weighted by molar-refractivity contribution is 6.31. The lowest BCUT2D eigenvalue weighted by Gasteiger charge is -2.25. The summed E-state index contributed by atoms with van der Waals surface area (Å²) in [6, 6.07) is 3.35. The predicted octanol–water partition coefficient (Wildman–Crippen LogP) is 3.37. The van der Waals surface area contributed by atoms with E-state index >= 15 is 0 Å². The molecule has 1 nitrogen and oxygen atoms in total. The minimum Gasteiger partial charge on any atom is -0.321 e. The van der Waals surface area contributed by atoms with Gasteiger partial charge < -0.3 is 5.73 Å². The summed E-state index contributed by atoms with van der Waals surface area (Å²) in [5.74, 6) is -0.288. The molecule has 14 heavy (non-hydrogen) atoms. The van der Waals surface area contributed by atoms with Crippen molar-refractivity contribution in [2.45, 2.75) is 32.7 Å². The number of hydrogen-bond donors (Lipinski definition) is 1. The lowest BCUT2D eigenvalue weighted by molar-refractivity contribution is 0.444. The summed E-state index contributed by atoms with van der Waals surface area (Å²) >= 11 is 5.94. The van der Waals surface area contributed by atoms with Crippen molar-refractivity contribution in [3.05, 3.63) is 34.1 Å². The van der Waals surface area contributed by atoms with Crippen LogP contribution in [0.1, 0.15) is 31.4 Å². The third-order valence-corrected chi connectivity index (χ3v) is 2.90. The van der Waals surface area contributed by atoms with E-state index in [1.165, 1.54) is 0 Å². The Labute approximate surface area is 89.1 Å². The van der Waals surface area contributed by atoms with Crippen LogP contribution >= 0.6 is 11.6 Å². The van der Waals surface area contributed by atoms with Crippen molar-refractivity contribution in [1.82, 2.24) is 0 Å². The van der Waals surface area contributed by atoms with Crippen molar-refractivity contribution >= 4 is 11.6 Å². The summed E-state index contributed by atoms with van der Waals surface area (Å²) in [6.07, 6.45) is 0.646. The summed E-state index contributed by atoms with van der Waals surface area (Å²) in [4.78, 5) is 0. The van der Waals surface area contributed by atoms with Crippen LogP contribution in [0.3, 0.4) is 0 Å². The van der Waals surface area contributed by atoms with E-state index in [0.717, 1.165) is 0 Å². The highest BCUT2D eigenvalue weighted by Crippen LogP contribution is 2.32. The zero-order chi connectivity index (χ0) is 10.9. The maximum absolute atomic E-state index is 13.8. The first-order valence-electron chi connectivity index (χ1n) is 4.64. The lowest BCUT2D eigenvalue weighted by Crippen LogP contribution is -2.33. The molecular formula is C11H15ClFN. The van der Waals surface area contributed by atoms with Gasteiger partial charge in [0.2, 0.25) is 0 Å². The Morgan fingerprint density at radius 3 is 2.57 bits per heavy atom. The predicted molar refractivity (Wildman–Crippen MR) is 58.0 cm³/mol. The van der Waals surface area contributed by atoms with Crippen molar-refractivity contribution in [1.29, 1.82) is 0 Å². The van der Waals surface area contributed by atoms with E-state index < -0.39 is 5.54 Å². The molecule has 0 aliphatic rings. The fourth-order valence-corrected chi connectivity index (χ4v) is 1.72. The Hall–Kier alpha value is -0.600. The van der Waals surface area contributed by atoms with Gasteiger partial charge in [0, 0.05) is 16.1 Å². The van der Waals surface area contributed by atoms with Gasteiger partial charge in [-0.3, -0.25) is 0 Å². The Balaban J connectivity index is 3.40. The monoisotopic (exact) mass is 215 g/mol. The largest absolute Gasteiger partial charge is 0.321 e. The van der Waals surface area contributed by atoms with Crippen molar-refractivity contribution in [2.75, 3.05) is 0 Å². The van der Waals surface area contributed by atoms with E-state index in [0.29, 0.717) is 22.6 Å². The van der Waals surface area contributed by atoms with Crippen LogP contribution in [0.5, 0.6) is 0 Å². The molecule has 0 fully saturated rings. The molecule has 1 aromatic rings. The molecule has 3 heteroatoms. The van der Waals surface area contributed by atoms with E-state index in [1.54, 1.807) is 26.0 Å². The SMILES string of the molecule is CCC(C)(N)c1c(Cl)ccc(C)c1F. The summed E-state index contributed by atoms with van der Waals surface area (Å²) < 4.78 is 13.8. The molecule has 0 radical (unpaired) electrons. The minimum atomic E-state index is -0.701. The van der Waals surface area contributed by atoms with E-state index in [1.807, 2.05) is 6.92 Å². The van der Waals surface area contributed by atoms with E-state index in [9.17, 15) is 4.39 Å². The zero-order valence-electron chi connectivity index (χ0n) is 8.70. The zero-order valence-corrected chi connectivity index (χ0v) is 9.45. The maximum atomic E-state index is 13.8. The number of halogens is 2.